The molecule has 2 heterocycles. The molecule has 0 unspecified atom stereocenters. The van der Waals surface area contributed by atoms with Gasteiger partial charge in [0.05, 0.1) is 11.7 Å². The highest BCUT2D eigenvalue weighted by Crippen LogP contribution is 2.28. The molecule has 4 nitrogen and oxygen atoms in total. The lowest BCUT2D eigenvalue weighted by atomic mass is 9.97. The summed E-state index contributed by atoms with van der Waals surface area (Å²) in [6.45, 7) is 4.40. The topological polar surface area (TPSA) is 38.1 Å². The van der Waals surface area contributed by atoms with Crippen molar-refractivity contribution in [3.8, 4) is 0 Å². The van der Waals surface area contributed by atoms with Gasteiger partial charge in [0.1, 0.15) is 11.6 Å². The Bertz CT molecular complexity index is 1290. The fraction of sp³-hybridized carbons (Fsp3) is 0.267. The smallest absolute Gasteiger partial charge is 0.257 e. The molecule has 3 aromatic carbocycles. The molecule has 35 heavy (non-hydrogen) atoms. The molecule has 0 saturated carbocycles. The summed E-state index contributed by atoms with van der Waals surface area (Å²) in [4.78, 5) is 21.4. The molecule has 0 atom stereocenters. The largest absolute Gasteiger partial charge is 0.297 e. The molecule has 0 amide bonds. The van der Waals surface area contributed by atoms with Crippen LogP contribution in [-0.2, 0) is 25.8 Å². The normalized spacial score (nSPS) is 13.7. The highest BCUT2D eigenvalue weighted by Gasteiger charge is 2.27. The highest BCUT2D eigenvalue weighted by molar-refractivity contribution is 5.35. The first-order valence-corrected chi connectivity index (χ1v) is 12.3. The van der Waals surface area contributed by atoms with E-state index in [2.05, 4.69) is 36.1 Å². The number of aryl methyl sites for hydroxylation is 1. The molecule has 0 radical (unpaired) electrons. The molecule has 0 aliphatic carbocycles. The van der Waals surface area contributed by atoms with Gasteiger partial charge in [-0.2, -0.15) is 0 Å². The van der Waals surface area contributed by atoms with Crippen molar-refractivity contribution < 1.29 is 4.39 Å². The van der Waals surface area contributed by atoms with Gasteiger partial charge in [-0.15, -0.1) is 0 Å². The average molecular weight is 468 g/mol. The van der Waals surface area contributed by atoms with Crippen LogP contribution in [0, 0.1) is 5.82 Å². The van der Waals surface area contributed by atoms with Crippen LogP contribution in [0.25, 0.3) is 0 Å². The summed E-state index contributed by atoms with van der Waals surface area (Å²) in [6, 6.07) is 26.9. The van der Waals surface area contributed by atoms with Crippen LogP contribution in [0.5, 0.6) is 0 Å². The van der Waals surface area contributed by atoms with Crippen LogP contribution in [0.4, 0.5) is 4.39 Å². The van der Waals surface area contributed by atoms with Crippen molar-refractivity contribution in [3.63, 3.8) is 0 Å². The molecule has 178 valence electrons. The lowest BCUT2D eigenvalue weighted by molar-refractivity contribution is 0.250. The van der Waals surface area contributed by atoms with Crippen LogP contribution >= 0.6 is 0 Å². The Morgan fingerprint density at radius 1 is 0.914 bits per heavy atom. The van der Waals surface area contributed by atoms with Crippen LogP contribution in [0.15, 0.2) is 89.7 Å². The monoisotopic (exact) mass is 467 g/mol. The number of hydrogen-bond acceptors (Lipinski definition) is 3. The summed E-state index contributed by atoms with van der Waals surface area (Å²) in [5.41, 5.74) is 5.07. The van der Waals surface area contributed by atoms with E-state index in [4.69, 9.17) is 4.98 Å². The van der Waals surface area contributed by atoms with Gasteiger partial charge in [-0.05, 0) is 41.7 Å². The van der Waals surface area contributed by atoms with Crippen LogP contribution < -0.4 is 5.56 Å². The van der Waals surface area contributed by atoms with Gasteiger partial charge >= 0.3 is 0 Å². The van der Waals surface area contributed by atoms with E-state index in [0.717, 1.165) is 53.3 Å². The molecule has 1 aliphatic heterocycles. The van der Waals surface area contributed by atoms with Crippen LogP contribution in [0.1, 0.15) is 46.7 Å². The van der Waals surface area contributed by atoms with Gasteiger partial charge in [0.2, 0.25) is 0 Å². The second-order valence-electron chi connectivity index (χ2n) is 9.11. The zero-order valence-electron chi connectivity index (χ0n) is 20.0. The zero-order chi connectivity index (χ0) is 24.2. The Morgan fingerprint density at radius 3 is 2.14 bits per heavy atom. The molecule has 4 aromatic rings. The van der Waals surface area contributed by atoms with E-state index < -0.39 is 0 Å². The van der Waals surface area contributed by atoms with Crippen molar-refractivity contribution in [3.05, 3.63) is 135 Å². The quantitative estimate of drug-likeness (QED) is 0.376. The van der Waals surface area contributed by atoms with Gasteiger partial charge in [-0.25, -0.2) is 9.37 Å². The standard InChI is InChI=1S/C30H30FN3O/c1-2-28-32-27-21-33(19-17-22-13-15-25(31)16-14-22)20-18-26(27)30(35)34(28)29(23-9-5-3-6-10-23)24-11-7-4-8-12-24/h3-16,29H,2,17-21H2,1H3. The summed E-state index contributed by atoms with van der Waals surface area (Å²) < 4.78 is 15.1. The van der Waals surface area contributed by atoms with Gasteiger partial charge in [0.15, 0.2) is 0 Å². The Hall–Kier alpha value is -3.57. The summed E-state index contributed by atoms with van der Waals surface area (Å²) >= 11 is 0. The number of hydrogen-bond donors (Lipinski definition) is 0. The molecule has 5 heteroatoms. The first-order chi connectivity index (χ1) is 17.1. The third-order valence-corrected chi connectivity index (χ3v) is 6.85. The van der Waals surface area contributed by atoms with E-state index in [9.17, 15) is 9.18 Å². The Balaban J connectivity index is 1.48. The molecule has 5 rings (SSSR count). The van der Waals surface area contributed by atoms with Crippen molar-refractivity contribution in [2.75, 3.05) is 13.1 Å². The SMILES string of the molecule is CCc1nc2c(c(=O)n1C(c1ccccc1)c1ccccc1)CCN(CCc1ccc(F)cc1)C2. The molecule has 1 aromatic heterocycles. The van der Waals surface area contributed by atoms with E-state index in [0.29, 0.717) is 19.4 Å². The van der Waals surface area contributed by atoms with Crippen molar-refractivity contribution in [2.24, 2.45) is 0 Å². The van der Waals surface area contributed by atoms with Crippen molar-refractivity contribution in [2.45, 2.75) is 38.8 Å². The van der Waals surface area contributed by atoms with Gasteiger partial charge in [0, 0.05) is 31.6 Å². The van der Waals surface area contributed by atoms with Crippen molar-refractivity contribution in [1.82, 2.24) is 14.5 Å². The molecule has 0 bridgehead atoms. The van der Waals surface area contributed by atoms with Gasteiger partial charge < -0.3 is 0 Å². The number of halogens is 1. The highest BCUT2D eigenvalue weighted by atomic mass is 19.1. The second kappa shape index (κ2) is 10.4. The fourth-order valence-electron chi connectivity index (χ4n) is 5.01. The number of aromatic nitrogens is 2. The maximum atomic E-state index is 14.0. The van der Waals surface area contributed by atoms with Gasteiger partial charge in [-0.3, -0.25) is 14.3 Å². The Kier molecular flexibility index (Phi) is 6.87. The molecule has 0 saturated heterocycles. The molecule has 0 fully saturated rings. The second-order valence-corrected chi connectivity index (χ2v) is 9.11. The van der Waals surface area contributed by atoms with Gasteiger partial charge in [0.25, 0.3) is 5.56 Å². The van der Waals surface area contributed by atoms with Crippen LogP contribution in [0.2, 0.25) is 0 Å². The third-order valence-electron chi connectivity index (χ3n) is 6.85. The zero-order valence-corrected chi connectivity index (χ0v) is 20.0. The average Bonchev–Trinajstić information content (AvgIpc) is 2.91. The fourth-order valence-corrected chi connectivity index (χ4v) is 5.01. The first-order valence-electron chi connectivity index (χ1n) is 12.3. The van der Waals surface area contributed by atoms with Crippen LogP contribution in [0.3, 0.4) is 0 Å². The van der Waals surface area contributed by atoms with E-state index in [1.54, 1.807) is 0 Å². The number of fused-ring (bicyclic) bond motifs is 1. The van der Waals surface area contributed by atoms with Crippen molar-refractivity contribution >= 4 is 0 Å². The van der Waals surface area contributed by atoms with E-state index in [1.807, 2.05) is 53.1 Å². The van der Waals surface area contributed by atoms with E-state index in [-0.39, 0.29) is 17.4 Å². The number of rotatable bonds is 7. The Morgan fingerprint density at radius 2 is 1.54 bits per heavy atom. The lowest BCUT2D eigenvalue weighted by Crippen LogP contribution is -2.40. The van der Waals surface area contributed by atoms with Crippen LogP contribution in [-0.4, -0.2) is 27.5 Å². The van der Waals surface area contributed by atoms with Crippen molar-refractivity contribution in [1.29, 1.82) is 0 Å². The summed E-state index contributed by atoms with van der Waals surface area (Å²) in [6.07, 6.45) is 2.20. The first kappa shape index (κ1) is 23.2. The summed E-state index contributed by atoms with van der Waals surface area (Å²) in [5.74, 6) is 0.601. The predicted octanol–water partition coefficient (Wildman–Crippen LogP) is 5.18. The minimum atomic E-state index is -0.214. The Labute approximate surface area is 205 Å². The summed E-state index contributed by atoms with van der Waals surface area (Å²) in [5, 5.41) is 0. The molecular formula is C30H30FN3O. The molecule has 0 spiro atoms. The lowest BCUT2D eigenvalue weighted by Gasteiger charge is -2.30. The van der Waals surface area contributed by atoms with E-state index >= 15 is 0 Å². The number of benzene rings is 3. The molecule has 0 N–H and O–H groups in total. The molecule has 1 aliphatic rings. The minimum Gasteiger partial charge on any atom is -0.297 e. The predicted molar refractivity (Wildman–Crippen MR) is 137 cm³/mol. The van der Waals surface area contributed by atoms with E-state index in [1.165, 1.54) is 12.1 Å². The summed E-state index contributed by atoms with van der Waals surface area (Å²) in [7, 11) is 0. The van der Waals surface area contributed by atoms with Gasteiger partial charge in [-0.1, -0.05) is 79.7 Å². The maximum Gasteiger partial charge on any atom is 0.257 e. The molecular weight excluding hydrogens is 437 g/mol. The number of nitrogens with zero attached hydrogens (tertiary/aromatic N) is 3. The third kappa shape index (κ3) is 4.96. The minimum absolute atomic E-state index is 0.0720. The maximum absolute atomic E-state index is 14.0.